The number of hydrogen-bond acceptors (Lipinski definition) is 5. The second-order valence-corrected chi connectivity index (χ2v) is 9.14. The van der Waals surface area contributed by atoms with Crippen molar-refractivity contribution in [2.24, 2.45) is 0 Å². The van der Waals surface area contributed by atoms with Crippen LogP contribution in [-0.4, -0.2) is 56.6 Å². The minimum Gasteiger partial charge on any atom is -0.341 e. The monoisotopic (exact) mass is 447 g/mol. The lowest BCUT2D eigenvalue weighted by Crippen LogP contribution is -2.47. The predicted molar refractivity (Wildman–Crippen MR) is 124 cm³/mol. The van der Waals surface area contributed by atoms with E-state index in [0.717, 1.165) is 34.9 Å². The number of carbonyl (C=O) groups is 2. The molecule has 8 heteroatoms. The van der Waals surface area contributed by atoms with Gasteiger partial charge in [0.05, 0.1) is 23.7 Å². The number of pyridine rings is 1. The number of likely N-dealkylation sites (tertiary alicyclic amines) is 1. The first-order chi connectivity index (χ1) is 15.7. The number of anilines is 1. The summed E-state index contributed by atoms with van der Waals surface area (Å²) < 4.78 is 2.16. The Balaban J connectivity index is 1.21. The van der Waals surface area contributed by atoms with E-state index in [1.165, 1.54) is 11.8 Å². The van der Waals surface area contributed by atoms with Crippen molar-refractivity contribution in [1.29, 1.82) is 0 Å². The molecular formula is C24H25N5O2S. The molecule has 3 aromatic rings. The van der Waals surface area contributed by atoms with Gasteiger partial charge >= 0.3 is 0 Å². The van der Waals surface area contributed by atoms with Crippen molar-refractivity contribution in [1.82, 2.24) is 19.4 Å². The van der Waals surface area contributed by atoms with E-state index in [1.807, 2.05) is 59.8 Å². The standard InChI is InChI=1S/C24H25N5O2S/c30-22(16-29-20-6-1-2-7-21(20)32-17-23(29)31)27-12-8-18(9-13-27)24-26-11-14-28(24)15-19-5-3-4-10-25-19/h1-7,10-11,14,18H,8-9,12-13,15-17H2. The Morgan fingerprint density at radius 3 is 2.66 bits per heavy atom. The molecule has 32 heavy (non-hydrogen) atoms. The van der Waals surface area contributed by atoms with Crippen LogP contribution in [0.5, 0.6) is 0 Å². The van der Waals surface area contributed by atoms with Gasteiger partial charge < -0.3 is 14.4 Å². The smallest absolute Gasteiger partial charge is 0.242 e. The van der Waals surface area contributed by atoms with E-state index in [1.54, 1.807) is 11.1 Å². The molecule has 2 aliphatic rings. The lowest BCUT2D eigenvalue weighted by molar-refractivity contribution is -0.132. The molecule has 164 valence electrons. The SMILES string of the molecule is O=C(CN1C(=O)CSc2ccccc21)N1CCC(c2nccn2Cc2ccccn2)CC1. The molecule has 4 heterocycles. The van der Waals surface area contributed by atoms with E-state index in [-0.39, 0.29) is 18.4 Å². The number of hydrogen-bond donors (Lipinski definition) is 0. The number of thioether (sulfide) groups is 1. The number of carbonyl (C=O) groups excluding carboxylic acids is 2. The van der Waals surface area contributed by atoms with E-state index >= 15 is 0 Å². The van der Waals surface area contributed by atoms with Crippen LogP contribution < -0.4 is 4.90 Å². The van der Waals surface area contributed by atoms with Gasteiger partial charge in [0.25, 0.3) is 0 Å². The first kappa shape index (κ1) is 20.8. The molecular weight excluding hydrogens is 422 g/mol. The van der Waals surface area contributed by atoms with Gasteiger partial charge in [-0.05, 0) is 37.1 Å². The molecule has 0 atom stereocenters. The van der Waals surface area contributed by atoms with E-state index in [4.69, 9.17) is 0 Å². The van der Waals surface area contributed by atoms with Crippen LogP contribution in [0.25, 0.3) is 0 Å². The lowest BCUT2D eigenvalue weighted by atomic mass is 9.95. The molecule has 5 rings (SSSR count). The third-order valence-corrected chi connectivity index (χ3v) is 7.17. The maximum Gasteiger partial charge on any atom is 0.242 e. The summed E-state index contributed by atoms with van der Waals surface area (Å²) in [6.45, 7) is 2.16. The zero-order valence-electron chi connectivity index (χ0n) is 17.8. The molecule has 0 N–H and O–H groups in total. The summed E-state index contributed by atoms with van der Waals surface area (Å²) in [5, 5.41) is 0. The normalized spacial score (nSPS) is 16.8. The third kappa shape index (κ3) is 4.27. The summed E-state index contributed by atoms with van der Waals surface area (Å²) in [5.74, 6) is 1.75. The van der Waals surface area contributed by atoms with Crippen molar-refractivity contribution in [2.75, 3.05) is 30.3 Å². The van der Waals surface area contributed by atoms with E-state index < -0.39 is 0 Å². The number of imidazole rings is 1. The highest BCUT2D eigenvalue weighted by Gasteiger charge is 2.31. The summed E-state index contributed by atoms with van der Waals surface area (Å²) in [4.78, 5) is 39.1. The van der Waals surface area contributed by atoms with Gasteiger partial charge in [0.1, 0.15) is 12.4 Å². The highest BCUT2D eigenvalue weighted by molar-refractivity contribution is 8.00. The van der Waals surface area contributed by atoms with Gasteiger partial charge in [0, 0.05) is 42.5 Å². The zero-order valence-corrected chi connectivity index (χ0v) is 18.6. The number of benzene rings is 1. The quantitative estimate of drug-likeness (QED) is 0.601. The number of nitrogens with zero attached hydrogens (tertiary/aromatic N) is 5. The van der Waals surface area contributed by atoms with Gasteiger partial charge in [-0.2, -0.15) is 0 Å². The first-order valence-corrected chi connectivity index (χ1v) is 11.9. The second-order valence-electron chi connectivity index (χ2n) is 8.13. The van der Waals surface area contributed by atoms with Crippen LogP contribution in [0.4, 0.5) is 5.69 Å². The van der Waals surface area contributed by atoms with Crippen molar-refractivity contribution in [3.05, 3.63) is 72.6 Å². The third-order valence-electron chi connectivity index (χ3n) is 6.12. The number of para-hydroxylation sites is 1. The Morgan fingerprint density at radius 2 is 1.84 bits per heavy atom. The van der Waals surface area contributed by atoms with Crippen molar-refractivity contribution >= 4 is 29.3 Å². The topological polar surface area (TPSA) is 71.3 Å². The van der Waals surface area contributed by atoms with Gasteiger partial charge in [0.2, 0.25) is 11.8 Å². The highest BCUT2D eigenvalue weighted by atomic mass is 32.2. The number of amides is 2. The lowest BCUT2D eigenvalue weighted by Gasteiger charge is -2.34. The van der Waals surface area contributed by atoms with Crippen molar-refractivity contribution < 1.29 is 9.59 Å². The Labute approximate surface area is 191 Å². The number of piperidine rings is 1. The molecule has 0 bridgehead atoms. The average molecular weight is 448 g/mol. The molecule has 0 radical (unpaired) electrons. The Hall–Kier alpha value is -3.13. The number of rotatable bonds is 5. The van der Waals surface area contributed by atoms with Crippen LogP contribution in [0.15, 0.2) is 66.0 Å². The fourth-order valence-corrected chi connectivity index (χ4v) is 5.37. The summed E-state index contributed by atoms with van der Waals surface area (Å²) in [6, 6.07) is 13.7. The van der Waals surface area contributed by atoms with Gasteiger partial charge in [-0.3, -0.25) is 14.6 Å². The molecule has 0 spiro atoms. The molecule has 2 amide bonds. The molecule has 0 aliphatic carbocycles. The molecule has 0 saturated carbocycles. The van der Waals surface area contributed by atoms with Crippen LogP contribution in [0.1, 0.15) is 30.3 Å². The van der Waals surface area contributed by atoms with Gasteiger partial charge in [0.15, 0.2) is 0 Å². The minimum absolute atomic E-state index is 0.00603. The van der Waals surface area contributed by atoms with Gasteiger partial charge in [-0.1, -0.05) is 18.2 Å². The maximum atomic E-state index is 13.0. The van der Waals surface area contributed by atoms with Crippen LogP contribution in [0, 0.1) is 0 Å². The molecule has 1 aromatic carbocycles. The number of aromatic nitrogens is 3. The molecule has 0 unspecified atom stereocenters. The maximum absolute atomic E-state index is 13.0. The van der Waals surface area contributed by atoms with E-state index in [0.29, 0.717) is 31.3 Å². The van der Waals surface area contributed by atoms with Gasteiger partial charge in [-0.25, -0.2) is 4.98 Å². The van der Waals surface area contributed by atoms with Crippen molar-refractivity contribution in [3.8, 4) is 0 Å². The molecule has 2 aliphatic heterocycles. The molecule has 1 fully saturated rings. The van der Waals surface area contributed by atoms with Crippen LogP contribution in [-0.2, 0) is 16.1 Å². The Morgan fingerprint density at radius 1 is 1.03 bits per heavy atom. The van der Waals surface area contributed by atoms with Gasteiger partial charge in [-0.15, -0.1) is 11.8 Å². The molecule has 2 aromatic heterocycles. The van der Waals surface area contributed by atoms with Crippen LogP contribution in [0.2, 0.25) is 0 Å². The van der Waals surface area contributed by atoms with Crippen LogP contribution in [0.3, 0.4) is 0 Å². The van der Waals surface area contributed by atoms with Crippen molar-refractivity contribution in [2.45, 2.75) is 30.2 Å². The summed E-state index contributed by atoms with van der Waals surface area (Å²) in [6.07, 6.45) is 7.38. The first-order valence-electron chi connectivity index (χ1n) is 10.9. The molecule has 1 saturated heterocycles. The summed E-state index contributed by atoms with van der Waals surface area (Å²) in [5.41, 5.74) is 1.84. The highest BCUT2D eigenvalue weighted by Crippen LogP contribution is 2.35. The van der Waals surface area contributed by atoms with E-state index in [9.17, 15) is 9.59 Å². The Kier molecular flexibility index (Phi) is 5.94. The van der Waals surface area contributed by atoms with Crippen molar-refractivity contribution in [3.63, 3.8) is 0 Å². The fraction of sp³-hybridized carbons (Fsp3) is 0.333. The largest absolute Gasteiger partial charge is 0.341 e. The zero-order chi connectivity index (χ0) is 21.9. The summed E-state index contributed by atoms with van der Waals surface area (Å²) in [7, 11) is 0. The minimum atomic E-state index is -0.00603. The Bertz CT molecular complexity index is 1110. The summed E-state index contributed by atoms with van der Waals surface area (Å²) >= 11 is 1.53. The number of fused-ring (bicyclic) bond motifs is 1. The fourth-order valence-electron chi connectivity index (χ4n) is 4.43. The second kappa shape index (κ2) is 9.16. The van der Waals surface area contributed by atoms with Crippen LogP contribution >= 0.6 is 11.8 Å². The predicted octanol–water partition coefficient (Wildman–Crippen LogP) is 3.17. The van der Waals surface area contributed by atoms with E-state index in [2.05, 4.69) is 14.5 Å². The average Bonchev–Trinajstić information content (AvgIpc) is 3.29. The molecule has 7 nitrogen and oxygen atoms in total.